The van der Waals surface area contributed by atoms with Gasteiger partial charge in [-0.3, -0.25) is 0 Å². The fraction of sp³-hybridized carbons (Fsp3) is 0.846. The molecular formula is C13H23F3N2O3. The van der Waals surface area contributed by atoms with Crippen molar-refractivity contribution >= 4 is 12.0 Å². The number of carbonyl (C=O) groups is 2. The molecule has 0 aromatic carbocycles. The molecule has 0 bridgehead atoms. The first-order valence-corrected chi connectivity index (χ1v) is 6.86. The summed E-state index contributed by atoms with van der Waals surface area (Å²) in [5.41, 5.74) is -3.30. The van der Waals surface area contributed by atoms with Crippen molar-refractivity contribution in [3.63, 3.8) is 0 Å². The largest absolute Gasteiger partial charge is 0.479 e. The summed E-state index contributed by atoms with van der Waals surface area (Å²) in [6.07, 6.45) is -2.69. The zero-order valence-corrected chi connectivity index (χ0v) is 12.8. The molecule has 0 saturated heterocycles. The van der Waals surface area contributed by atoms with Gasteiger partial charge in [-0.15, -0.1) is 0 Å². The lowest BCUT2D eigenvalue weighted by Gasteiger charge is -2.33. The van der Waals surface area contributed by atoms with Crippen molar-refractivity contribution < 1.29 is 27.9 Å². The molecule has 0 aliphatic rings. The number of urea groups is 1. The standard InChI is InChI=1S/C13H23F3N2O3/c1-5-6-7-8-18(9(2)3)11(21)17-12(4,10(19)20)13(14,15)16/h9H,5-8H2,1-4H3,(H,17,21)(H,19,20). The van der Waals surface area contributed by atoms with Crippen LogP contribution < -0.4 is 5.32 Å². The Bertz CT molecular complexity index is 372. The quantitative estimate of drug-likeness (QED) is 0.710. The smallest absolute Gasteiger partial charge is 0.422 e. The Morgan fingerprint density at radius 1 is 1.24 bits per heavy atom. The Balaban J connectivity index is 5.06. The van der Waals surface area contributed by atoms with Gasteiger partial charge in [0.05, 0.1) is 0 Å². The molecule has 0 aliphatic carbocycles. The SMILES string of the molecule is CCCCCN(C(=O)NC(C)(C(=O)O)C(F)(F)F)C(C)C. The van der Waals surface area contributed by atoms with Crippen LogP contribution in [0.4, 0.5) is 18.0 Å². The molecule has 0 aliphatic heterocycles. The average molecular weight is 312 g/mol. The summed E-state index contributed by atoms with van der Waals surface area (Å²) < 4.78 is 38.6. The zero-order valence-electron chi connectivity index (χ0n) is 12.8. The van der Waals surface area contributed by atoms with Gasteiger partial charge < -0.3 is 15.3 Å². The van der Waals surface area contributed by atoms with E-state index in [4.69, 9.17) is 5.11 Å². The first-order chi connectivity index (χ1) is 9.47. The van der Waals surface area contributed by atoms with Crippen molar-refractivity contribution in [2.24, 2.45) is 0 Å². The zero-order chi connectivity index (χ0) is 16.8. The Labute approximate surface area is 122 Å². The van der Waals surface area contributed by atoms with Crippen LogP contribution in [-0.4, -0.2) is 46.3 Å². The van der Waals surface area contributed by atoms with Gasteiger partial charge in [0.2, 0.25) is 5.54 Å². The lowest BCUT2D eigenvalue weighted by atomic mass is 10.0. The number of hydrogen-bond acceptors (Lipinski definition) is 2. The van der Waals surface area contributed by atoms with E-state index in [0.29, 0.717) is 13.3 Å². The normalized spacial score (nSPS) is 14.7. The molecule has 2 N–H and O–H groups in total. The van der Waals surface area contributed by atoms with E-state index in [1.807, 2.05) is 6.92 Å². The van der Waals surface area contributed by atoms with Gasteiger partial charge in [0.25, 0.3) is 0 Å². The van der Waals surface area contributed by atoms with Gasteiger partial charge in [0.1, 0.15) is 0 Å². The lowest BCUT2D eigenvalue weighted by Crippen LogP contribution is -2.64. The van der Waals surface area contributed by atoms with Gasteiger partial charge >= 0.3 is 18.2 Å². The number of rotatable bonds is 7. The fourth-order valence-corrected chi connectivity index (χ4v) is 1.66. The Morgan fingerprint density at radius 2 is 1.76 bits per heavy atom. The summed E-state index contributed by atoms with van der Waals surface area (Å²) in [6.45, 7) is 6.02. The molecule has 21 heavy (non-hydrogen) atoms. The number of hydrogen-bond donors (Lipinski definition) is 2. The van der Waals surface area contributed by atoms with Crippen LogP contribution in [0.5, 0.6) is 0 Å². The Hall–Kier alpha value is -1.47. The van der Waals surface area contributed by atoms with Crippen molar-refractivity contribution in [2.45, 2.75) is 64.7 Å². The average Bonchev–Trinajstić information content (AvgIpc) is 2.32. The molecule has 0 spiro atoms. The summed E-state index contributed by atoms with van der Waals surface area (Å²) in [5.74, 6) is -2.14. The highest BCUT2D eigenvalue weighted by Gasteiger charge is 2.58. The van der Waals surface area contributed by atoms with E-state index in [-0.39, 0.29) is 12.6 Å². The number of nitrogens with zero attached hydrogens (tertiary/aromatic N) is 1. The summed E-state index contributed by atoms with van der Waals surface area (Å²) in [5, 5.41) is 10.4. The maximum atomic E-state index is 12.9. The van der Waals surface area contributed by atoms with E-state index < -0.39 is 23.7 Å². The van der Waals surface area contributed by atoms with E-state index in [1.54, 1.807) is 19.2 Å². The fourth-order valence-electron chi connectivity index (χ4n) is 1.66. The molecule has 0 aromatic rings. The highest BCUT2D eigenvalue weighted by Crippen LogP contribution is 2.30. The molecule has 8 heteroatoms. The minimum absolute atomic E-state index is 0.283. The lowest BCUT2D eigenvalue weighted by molar-refractivity contribution is -0.203. The van der Waals surface area contributed by atoms with Crippen LogP contribution in [0.25, 0.3) is 0 Å². The molecule has 0 aromatic heterocycles. The van der Waals surface area contributed by atoms with Crippen LogP contribution in [0.2, 0.25) is 0 Å². The maximum Gasteiger partial charge on any atom is 0.422 e. The van der Waals surface area contributed by atoms with Crippen LogP contribution >= 0.6 is 0 Å². The molecule has 124 valence electrons. The summed E-state index contributed by atoms with van der Waals surface area (Å²) in [6, 6.07) is -1.35. The Kier molecular flexibility index (Phi) is 6.99. The molecule has 0 radical (unpaired) electrons. The van der Waals surface area contributed by atoms with E-state index >= 15 is 0 Å². The van der Waals surface area contributed by atoms with Gasteiger partial charge in [0, 0.05) is 12.6 Å². The van der Waals surface area contributed by atoms with Gasteiger partial charge in [0.15, 0.2) is 0 Å². The van der Waals surface area contributed by atoms with Crippen molar-refractivity contribution in [1.29, 1.82) is 0 Å². The highest BCUT2D eigenvalue weighted by molar-refractivity contribution is 5.86. The maximum absolute atomic E-state index is 12.9. The van der Waals surface area contributed by atoms with Crippen LogP contribution in [0.15, 0.2) is 0 Å². The number of unbranched alkanes of at least 4 members (excludes halogenated alkanes) is 2. The van der Waals surface area contributed by atoms with E-state index in [2.05, 4.69) is 0 Å². The monoisotopic (exact) mass is 312 g/mol. The third-order valence-corrected chi connectivity index (χ3v) is 3.24. The molecule has 1 unspecified atom stereocenters. The highest BCUT2D eigenvalue weighted by atomic mass is 19.4. The summed E-state index contributed by atoms with van der Waals surface area (Å²) >= 11 is 0. The number of carboxylic acids is 1. The number of alkyl halides is 3. The topological polar surface area (TPSA) is 69.6 Å². The summed E-state index contributed by atoms with van der Waals surface area (Å²) in [7, 11) is 0. The number of halogens is 3. The number of nitrogens with one attached hydrogen (secondary N) is 1. The third-order valence-electron chi connectivity index (χ3n) is 3.24. The van der Waals surface area contributed by atoms with E-state index in [9.17, 15) is 22.8 Å². The van der Waals surface area contributed by atoms with Crippen LogP contribution in [0.1, 0.15) is 47.0 Å². The minimum atomic E-state index is -5.08. The van der Waals surface area contributed by atoms with Crippen LogP contribution in [-0.2, 0) is 4.79 Å². The number of carbonyl (C=O) groups excluding carboxylic acids is 1. The first kappa shape index (κ1) is 19.5. The van der Waals surface area contributed by atoms with Crippen LogP contribution in [0, 0.1) is 0 Å². The van der Waals surface area contributed by atoms with Gasteiger partial charge in [-0.05, 0) is 27.2 Å². The van der Waals surface area contributed by atoms with Crippen molar-refractivity contribution in [2.75, 3.05) is 6.54 Å². The molecule has 5 nitrogen and oxygen atoms in total. The first-order valence-electron chi connectivity index (χ1n) is 6.86. The molecule has 2 amide bonds. The molecule has 0 heterocycles. The molecule has 0 saturated carbocycles. The van der Waals surface area contributed by atoms with Crippen molar-refractivity contribution in [1.82, 2.24) is 10.2 Å². The molecule has 1 atom stereocenters. The second-order valence-corrected chi connectivity index (χ2v) is 5.35. The second-order valence-electron chi connectivity index (χ2n) is 5.35. The van der Waals surface area contributed by atoms with Gasteiger partial charge in [-0.2, -0.15) is 13.2 Å². The van der Waals surface area contributed by atoms with Gasteiger partial charge in [-0.1, -0.05) is 19.8 Å². The second kappa shape index (κ2) is 7.51. The third kappa shape index (κ3) is 5.09. The van der Waals surface area contributed by atoms with Crippen molar-refractivity contribution in [3.8, 4) is 0 Å². The molecule has 0 fully saturated rings. The minimum Gasteiger partial charge on any atom is -0.479 e. The number of carboxylic acid groups (broad SMARTS) is 1. The Morgan fingerprint density at radius 3 is 2.10 bits per heavy atom. The number of aliphatic carboxylic acids is 1. The van der Waals surface area contributed by atoms with Gasteiger partial charge in [-0.25, -0.2) is 9.59 Å². The molecular weight excluding hydrogens is 289 g/mol. The summed E-state index contributed by atoms with van der Waals surface area (Å²) in [4.78, 5) is 24.1. The predicted molar refractivity (Wildman–Crippen MR) is 72.0 cm³/mol. The predicted octanol–water partition coefficient (Wildman–Crippen LogP) is 3.00. The number of amides is 2. The van der Waals surface area contributed by atoms with Crippen LogP contribution in [0.3, 0.4) is 0 Å². The van der Waals surface area contributed by atoms with E-state index in [1.165, 1.54) is 4.90 Å². The molecule has 0 rings (SSSR count). The van der Waals surface area contributed by atoms with Crippen molar-refractivity contribution in [3.05, 3.63) is 0 Å². The van der Waals surface area contributed by atoms with E-state index in [0.717, 1.165) is 12.8 Å².